The average molecular weight is 271 g/mol. The van der Waals surface area contributed by atoms with Gasteiger partial charge in [0.05, 0.1) is 16.6 Å². The fourth-order valence-electron chi connectivity index (χ4n) is 3.36. The van der Waals surface area contributed by atoms with Crippen LogP contribution in [-0.4, -0.2) is 46.8 Å². The van der Waals surface area contributed by atoms with E-state index in [1.165, 1.54) is 0 Å². The zero-order valence-corrected chi connectivity index (χ0v) is 13.2. The first-order chi connectivity index (χ1) is 8.50. The van der Waals surface area contributed by atoms with E-state index < -0.39 is 11.4 Å². The lowest BCUT2D eigenvalue weighted by atomic mass is 9.84. The van der Waals surface area contributed by atoms with Gasteiger partial charge in [0.1, 0.15) is 0 Å². The summed E-state index contributed by atoms with van der Waals surface area (Å²) in [7, 11) is 0. The van der Waals surface area contributed by atoms with Gasteiger partial charge in [0, 0.05) is 19.6 Å². The largest absolute Gasteiger partial charge is 0.481 e. The lowest BCUT2D eigenvalue weighted by molar-refractivity contribution is -0.187. The van der Waals surface area contributed by atoms with Gasteiger partial charge in [0.15, 0.2) is 0 Å². The van der Waals surface area contributed by atoms with Crippen molar-refractivity contribution in [3.63, 3.8) is 0 Å². The van der Waals surface area contributed by atoms with Crippen LogP contribution >= 0.6 is 0 Å². The topological polar surface area (TPSA) is 49.8 Å². The van der Waals surface area contributed by atoms with Crippen LogP contribution in [-0.2, 0) is 9.53 Å². The van der Waals surface area contributed by atoms with E-state index in [0.717, 1.165) is 19.5 Å². The molecule has 19 heavy (non-hydrogen) atoms. The highest BCUT2D eigenvalue weighted by atomic mass is 16.5. The molecule has 1 unspecified atom stereocenters. The second-order valence-corrected chi connectivity index (χ2v) is 7.38. The number of hydrogen-bond acceptors (Lipinski definition) is 3. The van der Waals surface area contributed by atoms with Gasteiger partial charge in [-0.1, -0.05) is 13.3 Å². The molecule has 1 atom stereocenters. The molecule has 4 heteroatoms. The third-order valence-corrected chi connectivity index (χ3v) is 3.65. The van der Waals surface area contributed by atoms with Gasteiger partial charge in [-0.05, 0) is 41.0 Å². The molecular weight excluding hydrogens is 242 g/mol. The van der Waals surface area contributed by atoms with Crippen LogP contribution < -0.4 is 0 Å². The highest BCUT2D eigenvalue weighted by Gasteiger charge is 2.42. The molecule has 1 fully saturated rings. The van der Waals surface area contributed by atoms with Gasteiger partial charge in [0.2, 0.25) is 0 Å². The van der Waals surface area contributed by atoms with E-state index in [2.05, 4.69) is 32.6 Å². The summed E-state index contributed by atoms with van der Waals surface area (Å²) in [6.45, 7) is 14.3. The summed E-state index contributed by atoms with van der Waals surface area (Å²) >= 11 is 0. The first-order valence-corrected chi connectivity index (χ1v) is 7.16. The Hall–Kier alpha value is -0.610. The van der Waals surface area contributed by atoms with Crippen molar-refractivity contribution in [1.29, 1.82) is 0 Å². The Morgan fingerprint density at radius 1 is 1.26 bits per heavy atom. The number of nitrogens with zero attached hydrogens (tertiary/aromatic N) is 1. The zero-order chi connectivity index (χ0) is 14.9. The number of hydrogen-bond donors (Lipinski definition) is 1. The molecule has 1 heterocycles. The Labute approximate surface area is 117 Å². The molecule has 0 aromatic rings. The van der Waals surface area contributed by atoms with Gasteiger partial charge in [0.25, 0.3) is 0 Å². The maximum absolute atomic E-state index is 11.5. The van der Waals surface area contributed by atoms with Crippen molar-refractivity contribution >= 4 is 5.97 Å². The SMILES string of the molecule is CCCC(C)(CN1CC(C)(C)OC(C)(C)C1)C(=O)O. The first kappa shape index (κ1) is 16.4. The van der Waals surface area contributed by atoms with Gasteiger partial charge in [-0.2, -0.15) is 0 Å². The molecule has 0 radical (unpaired) electrons. The lowest BCUT2D eigenvalue weighted by Gasteiger charge is -2.48. The summed E-state index contributed by atoms with van der Waals surface area (Å²) in [6, 6.07) is 0. The van der Waals surface area contributed by atoms with E-state index in [1.807, 2.05) is 13.8 Å². The fraction of sp³-hybridized carbons (Fsp3) is 0.933. The zero-order valence-electron chi connectivity index (χ0n) is 13.2. The standard InChI is InChI=1S/C15H29NO3/c1-7-8-15(6,12(17)18)11-16-9-13(2,3)19-14(4,5)10-16/h7-11H2,1-6H3,(H,17,18). The second kappa shape index (κ2) is 5.41. The number of carbonyl (C=O) groups is 1. The molecule has 0 aliphatic carbocycles. The quantitative estimate of drug-likeness (QED) is 0.835. The first-order valence-electron chi connectivity index (χ1n) is 7.16. The van der Waals surface area contributed by atoms with Crippen molar-refractivity contribution < 1.29 is 14.6 Å². The predicted octanol–water partition coefficient (Wildman–Crippen LogP) is 2.77. The average Bonchev–Trinajstić information content (AvgIpc) is 2.11. The number of carboxylic acid groups (broad SMARTS) is 1. The Morgan fingerprint density at radius 2 is 1.74 bits per heavy atom. The fourth-order valence-corrected chi connectivity index (χ4v) is 3.36. The van der Waals surface area contributed by atoms with Gasteiger partial charge < -0.3 is 9.84 Å². The third-order valence-electron chi connectivity index (χ3n) is 3.65. The third kappa shape index (κ3) is 4.46. The van der Waals surface area contributed by atoms with Crippen molar-refractivity contribution in [3.05, 3.63) is 0 Å². The summed E-state index contributed by atoms with van der Waals surface area (Å²) in [5.41, 5.74) is -1.13. The van der Waals surface area contributed by atoms with E-state index in [1.54, 1.807) is 0 Å². The predicted molar refractivity (Wildman–Crippen MR) is 76.3 cm³/mol. The minimum atomic E-state index is -0.698. The molecule has 0 saturated carbocycles. The van der Waals surface area contributed by atoms with Crippen LogP contribution in [0.4, 0.5) is 0 Å². The normalized spacial score (nSPS) is 25.8. The molecule has 0 spiro atoms. The molecule has 4 nitrogen and oxygen atoms in total. The van der Waals surface area contributed by atoms with Crippen LogP contribution in [0, 0.1) is 5.41 Å². The number of morpholine rings is 1. The summed E-state index contributed by atoms with van der Waals surface area (Å²) in [5.74, 6) is -0.698. The monoisotopic (exact) mass is 271 g/mol. The Bertz CT molecular complexity index is 322. The summed E-state index contributed by atoms with van der Waals surface area (Å²) < 4.78 is 6.04. The van der Waals surface area contributed by atoms with E-state index in [0.29, 0.717) is 13.0 Å². The van der Waals surface area contributed by atoms with Gasteiger partial charge >= 0.3 is 5.97 Å². The molecule has 0 aromatic carbocycles. The van der Waals surface area contributed by atoms with E-state index >= 15 is 0 Å². The smallest absolute Gasteiger partial charge is 0.310 e. The van der Waals surface area contributed by atoms with Crippen molar-refractivity contribution in [2.75, 3.05) is 19.6 Å². The maximum Gasteiger partial charge on any atom is 0.310 e. The van der Waals surface area contributed by atoms with E-state index in [9.17, 15) is 9.90 Å². The second-order valence-electron chi connectivity index (χ2n) is 7.38. The summed E-state index contributed by atoms with van der Waals surface area (Å²) in [5, 5.41) is 9.50. The van der Waals surface area contributed by atoms with Crippen molar-refractivity contribution in [2.24, 2.45) is 5.41 Å². The lowest BCUT2D eigenvalue weighted by Crippen LogP contribution is -2.59. The Kier molecular flexibility index (Phi) is 4.68. The molecule has 0 aromatic heterocycles. The highest BCUT2D eigenvalue weighted by molar-refractivity contribution is 5.74. The molecule has 0 bridgehead atoms. The molecule has 112 valence electrons. The molecule has 1 aliphatic rings. The molecule has 1 saturated heterocycles. The molecular formula is C15H29NO3. The van der Waals surface area contributed by atoms with Gasteiger partial charge in [-0.3, -0.25) is 9.69 Å². The number of aliphatic carboxylic acids is 1. The number of rotatable bonds is 5. The van der Waals surface area contributed by atoms with Crippen LogP contribution in [0.15, 0.2) is 0 Å². The van der Waals surface area contributed by atoms with Crippen LogP contribution in [0.3, 0.4) is 0 Å². The van der Waals surface area contributed by atoms with Crippen molar-refractivity contribution in [3.8, 4) is 0 Å². The van der Waals surface area contributed by atoms with Crippen LogP contribution in [0.25, 0.3) is 0 Å². The van der Waals surface area contributed by atoms with E-state index in [-0.39, 0.29) is 11.2 Å². The molecule has 0 amide bonds. The van der Waals surface area contributed by atoms with Crippen molar-refractivity contribution in [2.45, 2.75) is 65.6 Å². The molecule has 1 rings (SSSR count). The number of ether oxygens (including phenoxy) is 1. The van der Waals surface area contributed by atoms with Crippen LogP contribution in [0.1, 0.15) is 54.4 Å². The minimum Gasteiger partial charge on any atom is -0.481 e. The molecule has 1 N–H and O–H groups in total. The maximum atomic E-state index is 11.5. The molecule has 1 aliphatic heterocycles. The van der Waals surface area contributed by atoms with Gasteiger partial charge in [-0.15, -0.1) is 0 Å². The van der Waals surface area contributed by atoms with Crippen LogP contribution in [0.5, 0.6) is 0 Å². The highest BCUT2D eigenvalue weighted by Crippen LogP contribution is 2.32. The summed E-state index contributed by atoms with van der Waals surface area (Å²) in [6.07, 6.45) is 1.60. The van der Waals surface area contributed by atoms with Gasteiger partial charge in [-0.25, -0.2) is 0 Å². The minimum absolute atomic E-state index is 0.229. The summed E-state index contributed by atoms with van der Waals surface area (Å²) in [4.78, 5) is 13.8. The number of carboxylic acids is 1. The van der Waals surface area contributed by atoms with Crippen molar-refractivity contribution in [1.82, 2.24) is 4.90 Å². The Balaban J connectivity index is 2.82. The van der Waals surface area contributed by atoms with E-state index in [4.69, 9.17) is 4.74 Å². The van der Waals surface area contributed by atoms with Crippen LogP contribution in [0.2, 0.25) is 0 Å². The Morgan fingerprint density at radius 3 is 2.11 bits per heavy atom.